The van der Waals surface area contributed by atoms with Gasteiger partial charge in [0.25, 0.3) is 0 Å². The third kappa shape index (κ3) is 51.3. The van der Waals surface area contributed by atoms with Crippen LogP contribution in [0, 0.1) is 71.9 Å². The van der Waals surface area contributed by atoms with Gasteiger partial charge in [-0.05, 0) is 0 Å². The molecule has 0 heterocycles. The maximum Gasteiger partial charge on any atom is 1.00 e. The van der Waals surface area contributed by atoms with Crippen LogP contribution in [0.25, 0.3) is 0 Å². The third-order valence-electron chi connectivity index (χ3n) is 0. The predicted molar refractivity (Wildman–Crippen MR) is 7.61 cm³/mol. The van der Waals surface area contributed by atoms with Gasteiger partial charge in [0.15, 0.2) is 0 Å². The molecule has 0 aromatic heterocycles. The number of rotatable bonds is 0. The van der Waals surface area contributed by atoms with Crippen molar-refractivity contribution in [3.63, 3.8) is 0 Å². The Morgan fingerprint density at radius 3 is 0.889 bits per heavy atom. The van der Waals surface area contributed by atoms with Crippen LogP contribution >= 0.6 is 7.82 Å². The largest absolute Gasteiger partial charge is 1.00 e. The summed E-state index contributed by atoms with van der Waals surface area (Å²) in [6.07, 6.45) is 0. The first kappa shape index (κ1) is 29.8. The van der Waals surface area contributed by atoms with Crippen LogP contribution in [0.3, 0.4) is 0 Å². The van der Waals surface area contributed by atoms with Gasteiger partial charge in [-0.25, -0.2) is 0 Å². The van der Waals surface area contributed by atoms with Crippen LogP contribution in [-0.4, -0.2) is 0 Å². The van der Waals surface area contributed by atoms with Gasteiger partial charge in [0.05, 0.1) is 0 Å². The van der Waals surface area contributed by atoms with Gasteiger partial charge in [-0.15, -0.1) is 0 Å². The van der Waals surface area contributed by atoms with Crippen LogP contribution in [0.1, 0.15) is 0 Å². The fraction of sp³-hybridized carbons (Fsp3) is 0. The molecule has 0 fully saturated rings. The molecule has 0 N–H and O–H groups in total. The molecule has 0 aliphatic carbocycles. The topological polar surface area (TPSA) is 86.2 Å². The van der Waals surface area contributed by atoms with Crippen molar-refractivity contribution in [2.24, 2.45) is 0 Å². The van der Waals surface area contributed by atoms with E-state index in [4.69, 9.17) is 19.2 Å². The molecule has 40 valence electrons. The second-order valence-electron chi connectivity index (χ2n) is 0.447. The summed E-state index contributed by atoms with van der Waals surface area (Å²) in [5.41, 5.74) is 0. The Hall–Kier alpha value is 7.14. The van der Waals surface area contributed by atoms with E-state index in [0.29, 0.717) is 0 Å². The minimum absolute atomic E-state index is 0. The zero-order valence-corrected chi connectivity index (χ0v) is 18.4. The average molecular weight is 434 g/mol. The summed E-state index contributed by atoms with van der Waals surface area (Å²) in [4.78, 5) is 25.6. The van der Waals surface area contributed by atoms with E-state index in [9.17, 15) is 0 Å². The van der Waals surface area contributed by atoms with E-state index < -0.39 is 7.82 Å². The Morgan fingerprint density at radius 1 is 0.889 bits per heavy atom. The van der Waals surface area contributed by atoms with E-state index in [1.54, 1.807) is 0 Å². The Bertz CT molecular complexity index is 61.9. The van der Waals surface area contributed by atoms with Crippen LogP contribution in [0.2, 0.25) is 0 Å². The molecule has 0 rings (SSSR count). The quantitative estimate of drug-likeness (QED) is 0.280. The summed E-state index contributed by atoms with van der Waals surface area (Å²) < 4.78 is 8.55. The minimum atomic E-state index is -5.39. The van der Waals surface area contributed by atoms with Crippen molar-refractivity contribution in [3.8, 4) is 0 Å². The minimum Gasteiger partial charge on any atom is -0.822 e. The standard InChI is InChI=1S/3K.H3O4P.Rn/c;;;1-5(2,3)4;/h;;;(H3,1,2,3,4);/q3*+1;;/p-3. The second kappa shape index (κ2) is 17.5. The van der Waals surface area contributed by atoms with Crippen molar-refractivity contribution in [1.29, 1.82) is 0 Å². The Morgan fingerprint density at radius 2 is 0.889 bits per heavy atom. The van der Waals surface area contributed by atoms with Gasteiger partial charge in [-0.3, -0.25) is 0 Å². The van der Waals surface area contributed by atoms with Crippen molar-refractivity contribution in [2.45, 2.75) is 0 Å². The molecule has 0 bridgehead atoms. The molecule has 0 spiro atoms. The summed E-state index contributed by atoms with van der Waals surface area (Å²) in [5.74, 6) is 0. The molecule has 0 aromatic carbocycles. The molecule has 0 unspecified atom stereocenters. The van der Waals surface area contributed by atoms with E-state index in [-0.39, 0.29) is 226 Å². The normalized spacial score (nSPS) is 6.56. The molecule has 9 heteroatoms. The Balaban J connectivity index is -0.0000000133. The van der Waals surface area contributed by atoms with Crippen LogP contribution in [0.15, 0.2) is 0 Å². The molecule has 0 aliphatic rings. The predicted octanol–water partition coefficient (Wildman–Crippen LogP) is -11.8. The summed E-state index contributed by atoms with van der Waals surface area (Å²) in [6.45, 7) is 0. The first-order chi connectivity index (χ1) is 2.00. The molecule has 0 saturated carbocycles. The summed E-state index contributed by atoms with van der Waals surface area (Å²) >= 11 is 0. The van der Waals surface area contributed by atoms with Gasteiger partial charge < -0.3 is 19.2 Å². The monoisotopic (exact) mass is 434 g/mol. The van der Waals surface area contributed by atoms with Crippen molar-refractivity contribution < 1.29 is 245 Å². The van der Waals surface area contributed by atoms with Gasteiger partial charge in [0, 0.05) is 71.9 Å². The molecular formula is K3O4PRn. The molecule has 0 atom stereocenters. The number of phosphoric acid groups is 1. The van der Waals surface area contributed by atoms with Crippen LogP contribution < -0.4 is 169 Å². The smallest absolute Gasteiger partial charge is 0.822 e. The van der Waals surface area contributed by atoms with Crippen LogP contribution in [-0.2, 0) is 4.57 Å². The zero-order chi connectivity index (χ0) is 4.50. The van der Waals surface area contributed by atoms with Gasteiger partial charge in [-0.1, -0.05) is 0 Å². The zero-order valence-electron chi connectivity index (χ0n) is 5.43. The molecule has 0 aromatic rings. The van der Waals surface area contributed by atoms with E-state index >= 15 is 0 Å². The van der Waals surface area contributed by atoms with Crippen LogP contribution in [0.4, 0.5) is 0 Å². The summed E-state index contributed by atoms with van der Waals surface area (Å²) in [6, 6.07) is 0. The van der Waals surface area contributed by atoms with E-state index in [0.717, 1.165) is 0 Å². The van der Waals surface area contributed by atoms with Crippen molar-refractivity contribution in [3.05, 3.63) is 0 Å². The molecule has 9 heavy (non-hydrogen) atoms. The Kier molecular flexibility index (Phi) is 58.1. The van der Waals surface area contributed by atoms with E-state index in [2.05, 4.69) is 0 Å². The van der Waals surface area contributed by atoms with E-state index in [1.807, 2.05) is 0 Å². The van der Waals surface area contributed by atoms with Crippen LogP contribution in [0.5, 0.6) is 0 Å². The molecule has 0 aliphatic heterocycles. The summed E-state index contributed by atoms with van der Waals surface area (Å²) in [5, 5.41) is 0. The maximum absolute atomic E-state index is 8.55. The first-order valence-electron chi connectivity index (χ1n) is 0.730. The number of hydrogen-bond acceptors (Lipinski definition) is 4. The molecule has 0 saturated heterocycles. The third-order valence-corrected chi connectivity index (χ3v) is 0. The molecule has 0 radical (unpaired) electrons. The fourth-order valence-electron chi connectivity index (χ4n) is 0. The van der Waals surface area contributed by atoms with E-state index in [1.165, 1.54) is 0 Å². The molecule has 0 amide bonds. The summed E-state index contributed by atoms with van der Waals surface area (Å²) in [7, 11) is -5.39. The van der Waals surface area contributed by atoms with Crippen molar-refractivity contribution in [2.75, 3.05) is 0 Å². The van der Waals surface area contributed by atoms with Gasteiger partial charge in [-0.2, -0.15) is 7.82 Å². The Labute approximate surface area is 243 Å². The maximum atomic E-state index is 8.55. The fourth-order valence-corrected chi connectivity index (χ4v) is 0. The SMILES string of the molecule is O=P([O-])([O-])[O-].[K+].[K+].[K+].[Rn]. The van der Waals surface area contributed by atoms with Gasteiger partial charge in [0.1, 0.15) is 0 Å². The molecule has 4 nitrogen and oxygen atoms in total. The number of hydrogen-bond donors (Lipinski definition) is 0. The van der Waals surface area contributed by atoms with Gasteiger partial charge >= 0.3 is 154 Å². The first-order valence-corrected chi connectivity index (χ1v) is 2.19. The van der Waals surface area contributed by atoms with Crippen molar-refractivity contribution in [1.82, 2.24) is 0 Å². The van der Waals surface area contributed by atoms with Crippen molar-refractivity contribution >= 4 is 7.82 Å². The second-order valence-corrected chi connectivity index (χ2v) is 1.34. The van der Waals surface area contributed by atoms with Gasteiger partial charge in [0.2, 0.25) is 0 Å². The molecular weight excluding hydrogens is 434 g/mol. The average Bonchev–Trinajstić information content (AvgIpc) is 0.722.